The average molecular weight is 230 g/mol. The van der Waals surface area contributed by atoms with Crippen molar-refractivity contribution >= 4 is 23.5 Å². The normalized spacial score (nSPS) is 9.73. The highest BCUT2D eigenvalue weighted by atomic mass is 35.5. The Morgan fingerprint density at radius 1 is 1.53 bits per heavy atom. The molecule has 15 heavy (non-hydrogen) atoms. The molecule has 0 amide bonds. The number of carbonyl (C=O) groups is 2. The van der Waals surface area contributed by atoms with Crippen LogP contribution in [0.1, 0.15) is 23.0 Å². The highest BCUT2D eigenvalue weighted by molar-refractivity contribution is 6.29. The first-order chi connectivity index (χ1) is 6.99. The quantitative estimate of drug-likeness (QED) is 0.628. The number of carboxylic acid groups (broad SMARTS) is 1. The zero-order chi connectivity index (χ0) is 11.4. The fourth-order valence-electron chi connectivity index (χ4n) is 0.924. The van der Waals surface area contributed by atoms with E-state index >= 15 is 0 Å². The van der Waals surface area contributed by atoms with Crippen molar-refractivity contribution in [3.63, 3.8) is 0 Å². The van der Waals surface area contributed by atoms with Crippen LogP contribution < -0.4 is 0 Å². The number of ether oxygens (including phenoxy) is 1. The molecule has 1 N–H and O–H groups in total. The van der Waals surface area contributed by atoms with Crippen LogP contribution in [0.4, 0.5) is 0 Å². The van der Waals surface area contributed by atoms with Gasteiger partial charge in [0.2, 0.25) is 0 Å². The Labute approximate surface area is 90.6 Å². The van der Waals surface area contributed by atoms with Gasteiger partial charge in [0.1, 0.15) is 11.8 Å². The second-order valence-electron chi connectivity index (χ2n) is 2.76. The average Bonchev–Trinajstić information content (AvgIpc) is 2.13. The molecule has 0 aliphatic heterocycles. The molecule has 0 spiro atoms. The van der Waals surface area contributed by atoms with Gasteiger partial charge >= 0.3 is 11.9 Å². The first kappa shape index (κ1) is 11.5. The van der Waals surface area contributed by atoms with Gasteiger partial charge in [0, 0.05) is 6.92 Å². The van der Waals surface area contributed by atoms with Crippen molar-refractivity contribution in [3.8, 4) is 0 Å². The van der Waals surface area contributed by atoms with Crippen LogP contribution in [0.2, 0.25) is 5.15 Å². The van der Waals surface area contributed by atoms with Crippen LogP contribution in [0.15, 0.2) is 12.1 Å². The summed E-state index contributed by atoms with van der Waals surface area (Å²) in [5, 5.41) is 8.77. The number of carbonyl (C=O) groups excluding carboxylic acids is 1. The topological polar surface area (TPSA) is 76.5 Å². The third-order valence-electron chi connectivity index (χ3n) is 1.52. The second kappa shape index (κ2) is 4.75. The zero-order valence-corrected chi connectivity index (χ0v) is 8.61. The molecule has 0 unspecified atom stereocenters. The number of halogens is 1. The van der Waals surface area contributed by atoms with Crippen molar-refractivity contribution < 1.29 is 19.4 Å². The lowest BCUT2D eigenvalue weighted by molar-refractivity contribution is -0.142. The number of rotatable bonds is 3. The molecule has 1 rings (SSSR count). The number of pyridine rings is 1. The predicted molar refractivity (Wildman–Crippen MR) is 51.7 cm³/mol. The minimum Gasteiger partial charge on any atom is -0.478 e. The summed E-state index contributed by atoms with van der Waals surface area (Å²) in [5.74, 6) is -1.57. The lowest BCUT2D eigenvalue weighted by Gasteiger charge is -2.03. The van der Waals surface area contributed by atoms with E-state index in [0.29, 0.717) is 5.69 Å². The smallest absolute Gasteiger partial charge is 0.335 e. The summed E-state index contributed by atoms with van der Waals surface area (Å²) in [6, 6.07) is 2.53. The summed E-state index contributed by atoms with van der Waals surface area (Å²) in [4.78, 5) is 25.0. The molecule has 0 fully saturated rings. The van der Waals surface area contributed by atoms with Gasteiger partial charge in [-0.25, -0.2) is 9.78 Å². The fourth-order valence-corrected chi connectivity index (χ4v) is 1.15. The highest BCUT2D eigenvalue weighted by Crippen LogP contribution is 2.11. The lowest BCUT2D eigenvalue weighted by Crippen LogP contribution is -2.04. The van der Waals surface area contributed by atoms with Gasteiger partial charge in [-0.2, -0.15) is 0 Å². The van der Waals surface area contributed by atoms with Crippen molar-refractivity contribution in [1.29, 1.82) is 0 Å². The summed E-state index contributed by atoms with van der Waals surface area (Å²) in [6.07, 6.45) is 0. The van der Waals surface area contributed by atoms with E-state index in [1.54, 1.807) is 0 Å². The molecule has 0 bridgehead atoms. The number of hydrogen-bond acceptors (Lipinski definition) is 4. The molecule has 0 aliphatic rings. The van der Waals surface area contributed by atoms with Crippen molar-refractivity contribution in [2.45, 2.75) is 13.5 Å². The fraction of sp³-hybridized carbons (Fsp3) is 0.222. The second-order valence-corrected chi connectivity index (χ2v) is 3.14. The highest BCUT2D eigenvalue weighted by Gasteiger charge is 2.08. The van der Waals surface area contributed by atoms with E-state index in [-0.39, 0.29) is 17.3 Å². The molecule has 0 atom stereocenters. The van der Waals surface area contributed by atoms with E-state index in [1.165, 1.54) is 19.1 Å². The molecule has 0 aliphatic carbocycles. The van der Waals surface area contributed by atoms with Crippen molar-refractivity contribution in [2.75, 3.05) is 0 Å². The molecular formula is C9H8ClNO4. The van der Waals surface area contributed by atoms with E-state index in [1.807, 2.05) is 0 Å². The van der Waals surface area contributed by atoms with Gasteiger partial charge < -0.3 is 9.84 Å². The number of carboxylic acids is 1. The summed E-state index contributed by atoms with van der Waals surface area (Å²) in [7, 11) is 0. The number of aromatic nitrogens is 1. The Kier molecular flexibility index (Phi) is 3.62. The standard InChI is InChI=1S/C9H8ClNO4/c1-5(12)15-4-7-2-6(9(13)14)3-8(10)11-7/h2-3H,4H2,1H3,(H,13,14). The van der Waals surface area contributed by atoms with E-state index < -0.39 is 11.9 Å². The van der Waals surface area contributed by atoms with E-state index in [2.05, 4.69) is 9.72 Å². The molecule has 0 saturated carbocycles. The molecule has 1 heterocycles. The summed E-state index contributed by atoms with van der Waals surface area (Å²) < 4.78 is 4.66. The molecule has 80 valence electrons. The Morgan fingerprint density at radius 2 is 2.20 bits per heavy atom. The molecule has 1 aromatic heterocycles. The maximum Gasteiger partial charge on any atom is 0.335 e. The minimum atomic E-state index is -1.11. The Hall–Kier alpha value is -1.62. The largest absolute Gasteiger partial charge is 0.478 e. The van der Waals surface area contributed by atoms with Crippen LogP contribution in [0.3, 0.4) is 0 Å². The summed E-state index contributed by atoms with van der Waals surface area (Å²) in [5.41, 5.74) is 0.312. The van der Waals surface area contributed by atoms with Gasteiger partial charge in [0.25, 0.3) is 0 Å². The maximum atomic E-state index is 10.6. The van der Waals surface area contributed by atoms with Crippen molar-refractivity contribution in [3.05, 3.63) is 28.5 Å². The van der Waals surface area contributed by atoms with E-state index in [9.17, 15) is 9.59 Å². The van der Waals surface area contributed by atoms with Gasteiger partial charge in [-0.1, -0.05) is 11.6 Å². The number of hydrogen-bond donors (Lipinski definition) is 1. The molecule has 5 nitrogen and oxygen atoms in total. The van der Waals surface area contributed by atoms with Crippen LogP contribution >= 0.6 is 11.6 Å². The molecule has 1 aromatic rings. The summed E-state index contributed by atoms with van der Waals surface area (Å²) in [6.45, 7) is 1.17. The van der Waals surface area contributed by atoms with Gasteiger partial charge in [0.05, 0.1) is 11.3 Å². The first-order valence-corrected chi connectivity index (χ1v) is 4.40. The van der Waals surface area contributed by atoms with Gasteiger partial charge in [-0.05, 0) is 12.1 Å². The van der Waals surface area contributed by atoms with Crippen LogP contribution in [-0.4, -0.2) is 22.0 Å². The van der Waals surface area contributed by atoms with E-state index in [0.717, 1.165) is 0 Å². The molecule has 0 saturated heterocycles. The minimum absolute atomic E-state index is 0.0113. The first-order valence-electron chi connectivity index (χ1n) is 4.02. The predicted octanol–water partition coefficient (Wildman–Crippen LogP) is 1.50. The van der Waals surface area contributed by atoms with Crippen LogP contribution in [0.25, 0.3) is 0 Å². The van der Waals surface area contributed by atoms with Gasteiger partial charge in [-0.3, -0.25) is 4.79 Å². The molecule has 6 heteroatoms. The third kappa shape index (κ3) is 3.55. The molecular weight excluding hydrogens is 222 g/mol. The monoisotopic (exact) mass is 229 g/mol. The van der Waals surface area contributed by atoms with Crippen molar-refractivity contribution in [2.24, 2.45) is 0 Å². The third-order valence-corrected chi connectivity index (χ3v) is 1.71. The van der Waals surface area contributed by atoms with Gasteiger partial charge in [-0.15, -0.1) is 0 Å². The van der Waals surface area contributed by atoms with Gasteiger partial charge in [0.15, 0.2) is 0 Å². The Morgan fingerprint density at radius 3 is 2.73 bits per heavy atom. The Bertz CT molecular complexity index is 405. The van der Waals surface area contributed by atoms with Crippen LogP contribution in [-0.2, 0) is 16.1 Å². The summed E-state index contributed by atoms with van der Waals surface area (Å²) >= 11 is 5.59. The Balaban J connectivity index is 2.88. The number of nitrogens with zero attached hydrogens (tertiary/aromatic N) is 1. The van der Waals surface area contributed by atoms with Crippen molar-refractivity contribution in [1.82, 2.24) is 4.98 Å². The van der Waals surface area contributed by atoms with E-state index in [4.69, 9.17) is 16.7 Å². The van der Waals surface area contributed by atoms with Crippen LogP contribution in [0, 0.1) is 0 Å². The van der Waals surface area contributed by atoms with Crippen LogP contribution in [0.5, 0.6) is 0 Å². The maximum absolute atomic E-state index is 10.6. The lowest BCUT2D eigenvalue weighted by atomic mass is 10.2. The number of aromatic carboxylic acids is 1. The number of esters is 1. The molecule has 0 aromatic carbocycles. The zero-order valence-electron chi connectivity index (χ0n) is 7.86. The molecule has 0 radical (unpaired) electrons. The SMILES string of the molecule is CC(=O)OCc1cc(C(=O)O)cc(Cl)n1.